The zero-order valence-corrected chi connectivity index (χ0v) is 15.9. The van der Waals surface area contributed by atoms with Crippen LogP contribution in [0.2, 0.25) is 0 Å². The normalized spacial score (nSPS) is 16.2. The quantitative estimate of drug-likeness (QED) is 0.396. The van der Waals surface area contributed by atoms with Crippen LogP contribution in [0.25, 0.3) is 11.0 Å². The van der Waals surface area contributed by atoms with Crippen molar-refractivity contribution in [2.45, 2.75) is 38.5 Å². The fourth-order valence-electron chi connectivity index (χ4n) is 4.46. The van der Waals surface area contributed by atoms with E-state index in [2.05, 4.69) is 11.2 Å². The van der Waals surface area contributed by atoms with E-state index in [1.807, 2.05) is 23.2 Å². The number of phenols is 1. The van der Waals surface area contributed by atoms with E-state index in [-0.39, 0.29) is 11.4 Å². The predicted octanol–water partition coefficient (Wildman–Crippen LogP) is 4.71. The molecular formula is C22H21N3O4. The molecule has 1 aliphatic carbocycles. The van der Waals surface area contributed by atoms with Gasteiger partial charge in [0.2, 0.25) is 5.75 Å². The summed E-state index contributed by atoms with van der Waals surface area (Å²) in [5.41, 5.74) is 3.75. The Balaban J connectivity index is 1.66. The van der Waals surface area contributed by atoms with Crippen LogP contribution < -0.4 is 5.01 Å². The standard InChI is InChI=1S/C22H21N3O4/c26-22-16(13-23-24-11-5-7-14-6-1-3-9-17(14)24)21-15-8-2-4-10-19(15)29-20(21)12-18(22)25(27)28/h1,3,6,9,12-13,26H,2,4-5,7-8,10-11H2/b23-13+. The number of aromatic hydroxyl groups is 1. The molecule has 5 rings (SSSR count). The molecule has 7 heteroatoms. The van der Waals surface area contributed by atoms with Crippen LogP contribution in [-0.2, 0) is 19.3 Å². The first kappa shape index (κ1) is 17.7. The molecule has 1 aromatic heterocycles. The highest BCUT2D eigenvalue weighted by Gasteiger charge is 2.27. The van der Waals surface area contributed by atoms with Crippen molar-refractivity contribution < 1.29 is 14.4 Å². The molecule has 0 unspecified atom stereocenters. The summed E-state index contributed by atoms with van der Waals surface area (Å²) in [5.74, 6) is 0.509. The van der Waals surface area contributed by atoms with Crippen molar-refractivity contribution in [1.29, 1.82) is 0 Å². The summed E-state index contributed by atoms with van der Waals surface area (Å²) in [6.07, 6.45) is 7.26. The molecule has 2 aromatic carbocycles. The lowest BCUT2D eigenvalue weighted by Gasteiger charge is -2.26. The SMILES string of the molecule is O=[N+]([O-])c1cc2oc3c(c2c(/C=N/N2CCCc4ccccc42)c1O)CCCC3. The smallest absolute Gasteiger partial charge is 0.315 e. The number of nitro benzene ring substituents is 1. The van der Waals surface area contributed by atoms with Crippen LogP contribution in [0.4, 0.5) is 11.4 Å². The van der Waals surface area contributed by atoms with Crippen LogP contribution >= 0.6 is 0 Å². The van der Waals surface area contributed by atoms with E-state index in [9.17, 15) is 15.2 Å². The van der Waals surface area contributed by atoms with Crippen LogP contribution in [-0.4, -0.2) is 22.8 Å². The molecule has 2 heterocycles. The van der Waals surface area contributed by atoms with E-state index in [1.165, 1.54) is 11.6 Å². The summed E-state index contributed by atoms with van der Waals surface area (Å²) < 4.78 is 5.93. The first-order chi connectivity index (χ1) is 14.1. The van der Waals surface area contributed by atoms with Gasteiger partial charge in [-0.3, -0.25) is 15.1 Å². The Morgan fingerprint density at radius 1 is 1.17 bits per heavy atom. The molecule has 2 aliphatic rings. The topological polar surface area (TPSA) is 92.1 Å². The molecule has 0 bridgehead atoms. The zero-order chi connectivity index (χ0) is 20.0. The largest absolute Gasteiger partial charge is 0.502 e. The van der Waals surface area contributed by atoms with Gasteiger partial charge in [-0.1, -0.05) is 18.2 Å². The first-order valence-electron chi connectivity index (χ1n) is 9.97. The van der Waals surface area contributed by atoms with E-state index in [0.29, 0.717) is 11.1 Å². The maximum atomic E-state index is 11.5. The number of phenolic OH excluding ortho intramolecular Hbond substituents is 1. The second-order valence-electron chi connectivity index (χ2n) is 7.60. The van der Waals surface area contributed by atoms with Crippen LogP contribution in [0.1, 0.15) is 41.7 Å². The molecule has 0 saturated heterocycles. The summed E-state index contributed by atoms with van der Waals surface area (Å²) in [6.45, 7) is 0.760. The maximum Gasteiger partial charge on any atom is 0.315 e. The van der Waals surface area contributed by atoms with Crippen LogP contribution in [0.5, 0.6) is 5.75 Å². The number of para-hydroxylation sites is 1. The fraction of sp³-hybridized carbons (Fsp3) is 0.318. The van der Waals surface area contributed by atoms with E-state index in [4.69, 9.17) is 4.42 Å². The Hall–Kier alpha value is -3.35. The summed E-state index contributed by atoms with van der Waals surface area (Å²) in [4.78, 5) is 10.9. The lowest BCUT2D eigenvalue weighted by atomic mass is 9.93. The van der Waals surface area contributed by atoms with Crippen molar-refractivity contribution in [3.63, 3.8) is 0 Å². The molecule has 0 radical (unpaired) electrons. The van der Waals surface area contributed by atoms with Crippen LogP contribution in [0.3, 0.4) is 0 Å². The molecule has 0 spiro atoms. The van der Waals surface area contributed by atoms with Crippen LogP contribution in [0, 0.1) is 10.1 Å². The van der Waals surface area contributed by atoms with E-state index < -0.39 is 4.92 Å². The minimum atomic E-state index is -0.580. The highest BCUT2D eigenvalue weighted by molar-refractivity contribution is 6.05. The molecule has 148 valence electrons. The number of furan rings is 1. The Bertz CT molecular complexity index is 1150. The van der Waals surface area contributed by atoms with Gasteiger partial charge in [-0.25, -0.2) is 0 Å². The average Bonchev–Trinajstić information content (AvgIpc) is 3.11. The number of nitro groups is 1. The molecule has 0 fully saturated rings. The summed E-state index contributed by atoms with van der Waals surface area (Å²) >= 11 is 0. The minimum Gasteiger partial charge on any atom is -0.502 e. The highest BCUT2D eigenvalue weighted by Crippen LogP contribution is 2.41. The number of hydrogen-bond donors (Lipinski definition) is 1. The Morgan fingerprint density at radius 3 is 2.86 bits per heavy atom. The number of rotatable bonds is 3. The number of nitrogens with zero attached hydrogens (tertiary/aromatic N) is 3. The summed E-state index contributed by atoms with van der Waals surface area (Å²) in [7, 11) is 0. The van der Waals surface area contributed by atoms with Gasteiger partial charge in [0.1, 0.15) is 11.3 Å². The molecule has 7 nitrogen and oxygen atoms in total. The molecule has 29 heavy (non-hydrogen) atoms. The fourth-order valence-corrected chi connectivity index (χ4v) is 4.46. The number of fused-ring (bicyclic) bond motifs is 4. The van der Waals surface area contributed by atoms with Gasteiger partial charge in [0.25, 0.3) is 0 Å². The van der Waals surface area contributed by atoms with Crippen molar-refractivity contribution in [2.24, 2.45) is 5.10 Å². The monoisotopic (exact) mass is 391 g/mol. The number of hydrazone groups is 1. The van der Waals surface area contributed by atoms with Crippen molar-refractivity contribution in [1.82, 2.24) is 0 Å². The first-order valence-corrected chi connectivity index (χ1v) is 9.97. The molecule has 0 amide bonds. The third-order valence-electron chi connectivity index (χ3n) is 5.84. The van der Waals surface area contributed by atoms with E-state index >= 15 is 0 Å². The zero-order valence-electron chi connectivity index (χ0n) is 15.9. The van der Waals surface area contributed by atoms with E-state index in [0.717, 1.165) is 67.5 Å². The number of aryl methyl sites for hydroxylation is 3. The van der Waals surface area contributed by atoms with Gasteiger partial charge in [0.05, 0.1) is 28.5 Å². The summed E-state index contributed by atoms with van der Waals surface area (Å²) in [5, 5.41) is 29.5. The minimum absolute atomic E-state index is 0.356. The Labute approximate surface area is 167 Å². The molecule has 0 saturated carbocycles. The lowest BCUT2D eigenvalue weighted by molar-refractivity contribution is -0.385. The molecule has 0 atom stereocenters. The molecule has 3 aromatic rings. The van der Waals surface area contributed by atoms with E-state index in [1.54, 1.807) is 6.21 Å². The third kappa shape index (κ3) is 2.93. The maximum absolute atomic E-state index is 11.5. The van der Waals surface area contributed by atoms with Gasteiger partial charge >= 0.3 is 5.69 Å². The number of benzene rings is 2. The van der Waals surface area contributed by atoms with Crippen LogP contribution in [0.15, 0.2) is 39.9 Å². The van der Waals surface area contributed by atoms with Crippen molar-refractivity contribution >= 4 is 28.6 Å². The average molecular weight is 391 g/mol. The summed E-state index contributed by atoms with van der Waals surface area (Å²) in [6, 6.07) is 9.43. The lowest BCUT2D eigenvalue weighted by Crippen LogP contribution is -2.24. The number of anilines is 1. The van der Waals surface area contributed by atoms with Crippen molar-refractivity contribution in [3.05, 3.63) is 62.9 Å². The third-order valence-corrected chi connectivity index (χ3v) is 5.84. The van der Waals surface area contributed by atoms with Gasteiger partial charge in [0.15, 0.2) is 0 Å². The second kappa shape index (κ2) is 6.92. The second-order valence-corrected chi connectivity index (χ2v) is 7.60. The Morgan fingerprint density at radius 2 is 2.00 bits per heavy atom. The molecular weight excluding hydrogens is 370 g/mol. The van der Waals surface area contributed by atoms with Gasteiger partial charge in [-0.2, -0.15) is 5.10 Å². The van der Waals surface area contributed by atoms with Gasteiger partial charge in [-0.15, -0.1) is 0 Å². The van der Waals surface area contributed by atoms with Crippen molar-refractivity contribution in [2.75, 3.05) is 11.6 Å². The predicted molar refractivity (Wildman–Crippen MR) is 111 cm³/mol. The molecule has 1 N–H and O–H groups in total. The highest BCUT2D eigenvalue weighted by atomic mass is 16.6. The molecule has 1 aliphatic heterocycles. The van der Waals surface area contributed by atoms with Gasteiger partial charge in [0, 0.05) is 23.9 Å². The van der Waals surface area contributed by atoms with Crippen molar-refractivity contribution in [3.8, 4) is 5.75 Å². The van der Waals surface area contributed by atoms with Gasteiger partial charge in [-0.05, 0) is 43.7 Å². The number of hydrogen-bond acceptors (Lipinski definition) is 6. The Kier molecular flexibility index (Phi) is 4.23. The van der Waals surface area contributed by atoms with Gasteiger partial charge < -0.3 is 9.52 Å².